The van der Waals surface area contributed by atoms with E-state index in [9.17, 15) is 9.59 Å². The minimum Gasteiger partial charge on any atom is -0.493 e. The monoisotopic (exact) mass is 624 g/mol. The highest BCUT2D eigenvalue weighted by Crippen LogP contribution is 2.37. The Morgan fingerprint density at radius 1 is 0.757 bits per heavy atom. The molecule has 2 amide bonds. The summed E-state index contributed by atoms with van der Waals surface area (Å²) >= 11 is 3.68. The lowest BCUT2D eigenvalue weighted by atomic mass is 10.1. The van der Waals surface area contributed by atoms with Gasteiger partial charge in [0.2, 0.25) is 5.91 Å². The van der Waals surface area contributed by atoms with Crippen molar-refractivity contribution in [1.29, 1.82) is 0 Å². The smallest absolute Gasteiger partial charge is 0.255 e. The molecule has 6 nitrogen and oxygen atoms in total. The molecule has 0 aliphatic heterocycles. The summed E-state index contributed by atoms with van der Waals surface area (Å²) in [4.78, 5) is 26.9. The molecule has 4 aromatic rings. The molecule has 0 radical (unpaired) electrons. The van der Waals surface area contributed by atoms with Crippen LogP contribution in [0.2, 0.25) is 0 Å². The maximum absolute atomic E-state index is 13.3. The van der Waals surface area contributed by atoms with E-state index < -0.39 is 5.25 Å². The van der Waals surface area contributed by atoms with Gasteiger partial charge in [-0.15, -0.1) is 11.8 Å². The molecule has 0 aromatic heterocycles. The van der Waals surface area contributed by atoms with E-state index in [-0.39, 0.29) is 11.8 Å². The second-order valence-corrected chi connectivity index (χ2v) is 10.4. The summed E-state index contributed by atoms with van der Waals surface area (Å²) in [5, 5.41) is 5.47. The van der Waals surface area contributed by atoms with Crippen molar-refractivity contribution >= 4 is 57.5 Å². The van der Waals surface area contributed by atoms with Crippen LogP contribution >= 0.6 is 34.4 Å². The van der Waals surface area contributed by atoms with Gasteiger partial charge in [0.1, 0.15) is 5.25 Å². The topological polar surface area (TPSA) is 76.7 Å². The van der Waals surface area contributed by atoms with Crippen molar-refractivity contribution in [2.24, 2.45) is 0 Å². The number of rotatable bonds is 9. The van der Waals surface area contributed by atoms with Gasteiger partial charge in [-0.3, -0.25) is 9.59 Å². The molecule has 4 aromatic carbocycles. The number of amides is 2. The summed E-state index contributed by atoms with van der Waals surface area (Å²) in [5.41, 5.74) is 2.75. The standard InChI is InChI=1S/C29H25IN2O4S/c1-35-25-17-8-20(18-26(25)36-2)28(33)31-23-13-15-24(16-14-23)37-27(19-6-4-3-5-7-19)29(34)32-22-11-9-21(30)10-12-22/h3-18,27H,1-2H3,(H,31,33)(H,32,34). The highest BCUT2D eigenvalue weighted by Gasteiger charge is 2.22. The summed E-state index contributed by atoms with van der Waals surface area (Å²) in [6.07, 6.45) is 0. The summed E-state index contributed by atoms with van der Waals surface area (Å²) < 4.78 is 11.6. The molecule has 188 valence electrons. The molecule has 8 heteroatoms. The van der Waals surface area contributed by atoms with Crippen LogP contribution in [0.15, 0.2) is 102 Å². The zero-order valence-electron chi connectivity index (χ0n) is 20.2. The highest BCUT2D eigenvalue weighted by molar-refractivity contribution is 14.1. The molecule has 4 rings (SSSR count). The van der Waals surface area contributed by atoms with Crippen LogP contribution in [0, 0.1) is 3.57 Å². The van der Waals surface area contributed by atoms with Crippen LogP contribution in [0.25, 0.3) is 0 Å². The minimum absolute atomic E-state index is 0.108. The van der Waals surface area contributed by atoms with Gasteiger partial charge in [-0.2, -0.15) is 0 Å². The number of halogens is 1. The van der Waals surface area contributed by atoms with Crippen molar-refractivity contribution in [2.75, 3.05) is 24.9 Å². The highest BCUT2D eigenvalue weighted by atomic mass is 127. The molecule has 1 unspecified atom stereocenters. The Morgan fingerprint density at radius 2 is 1.38 bits per heavy atom. The van der Waals surface area contributed by atoms with Gasteiger partial charge >= 0.3 is 0 Å². The van der Waals surface area contributed by atoms with Gasteiger partial charge in [0.25, 0.3) is 5.91 Å². The van der Waals surface area contributed by atoms with E-state index in [1.54, 1.807) is 25.3 Å². The summed E-state index contributed by atoms with van der Waals surface area (Å²) in [7, 11) is 3.07. The fourth-order valence-corrected chi connectivity index (χ4v) is 4.96. The number of thioether (sulfide) groups is 1. The maximum atomic E-state index is 13.3. The maximum Gasteiger partial charge on any atom is 0.255 e. The minimum atomic E-state index is -0.451. The number of carbonyl (C=O) groups excluding carboxylic acids is 2. The largest absolute Gasteiger partial charge is 0.493 e. The van der Waals surface area contributed by atoms with Crippen LogP contribution in [0.1, 0.15) is 21.2 Å². The van der Waals surface area contributed by atoms with Crippen LogP contribution in [0.3, 0.4) is 0 Å². The molecular formula is C29H25IN2O4S. The van der Waals surface area contributed by atoms with Crippen molar-refractivity contribution in [3.63, 3.8) is 0 Å². The van der Waals surface area contributed by atoms with E-state index in [4.69, 9.17) is 9.47 Å². The second-order valence-electron chi connectivity index (χ2n) is 7.95. The van der Waals surface area contributed by atoms with E-state index in [0.717, 1.165) is 19.7 Å². The van der Waals surface area contributed by atoms with Gasteiger partial charge < -0.3 is 20.1 Å². The molecule has 0 saturated heterocycles. The Kier molecular flexibility index (Phi) is 9.08. The van der Waals surface area contributed by atoms with Crippen molar-refractivity contribution in [3.8, 4) is 11.5 Å². The van der Waals surface area contributed by atoms with Crippen molar-refractivity contribution in [1.82, 2.24) is 0 Å². The Morgan fingerprint density at radius 3 is 2.03 bits per heavy atom. The van der Waals surface area contributed by atoms with Crippen molar-refractivity contribution in [2.45, 2.75) is 10.1 Å². The predicted octanol–water partition coefficient (Wildman–Crippen LogP) is 7.03. The number of anilines is 2. The molecule has 0 bridgehead atoms. The summed E-state index contributed by atoms with van der Waals surface area (Å²) in [6, 6.07) is 29.8. The van der Waals surface area contributed by atoms with Crippen LogP contribution in [-0.4, -0.2) is 26.0 Å². The van der Waals surface area contributed by atoms with Gasteiger partial charge in [0.05, 0.1) is 14.2 Å². The number of hydrogen-bond acceptors (Lipinski definition) is 5. The molecule has 0 aliphatic carbocycles. The van der Waals surface area contributed by atoms with Gasteiger partial charge in [-0.05, 0) is 94.9 Å². The average Bonchev–Trinajstić information content (AvgIpc) is 2.93. The van der Waals surface area contributed by atoms with Gasteiger partial charge in [-0.1, -0.05) is 30.3 Å². The quantitative estimate of drug-likeness (QED) is 0.155. The first kappa shape index (κ1) is 26.6. The Labute approximate surface area is 233 Å². The molecule has 1 atom stereocenters. The predicted molar refractivity (Wildman–Crippen MR) is 157 cm³/mol. The Balaban J connectivity index is 1.47. The lowest BCUT2D eigenvalue weighted by Crippen LogP contribution is -2.19. The molecule has 0 spiro atoms. The number of benzene rings is 4. The van der Waals surface area contributed by atoms with Crippen molar-refractivity contribution in [3.05, 3.63) is 112 Å². The number of ether oxygens (including phenoxy) is 2. The molecule has 0 heterocycles. The van der Waals surface area contributed by atoms with Crippen LogP contribution in [0.4, 0.5) is 11.4 Å². The zero-order chi connectivity index (χ0) is 26.2. The molecule has 0 aliphatic rings. The van der Waals surface area contributed by atoms with E-state index in [1.807, 2.05) is 78.9 Å². The first-order chi connectivity index (χ1) is 18.0. The lowest BCUT2D eigenvalue weighted by Gasteiger charge is -2.17. The molecule has 2 N–H and O–H groups in total. The first-order valence-electron chi connectivity index (χ1n) is 11.4. The third-order valence-corrected chi connectivity index (χ3v) is 7.45. The average molecular weight is 625 g/mol. The number of carbonyl (C=O) groups is 2. The fraction of sp³-hybridized carbons (Fsp3) is 0.103. The number of nitrogens with one attached hydrogen (secondary N) is 2. The third-order valence-electron chi connectivity index (χ3n) is 5.46. The van der Waals surface area contributed by atoms with Gasteiger partial charge in [0, 0.05) is 25.4 Å². The molecular weight excluding hydrogens is 599 g/mol. The normalized spacial score (nSPS) is 11.3. The van der Waals surface area contributed by atoms with Crippen LogP contribution in [-0.2, 0) is 4.79 Å². The third kappa shape index (κ3) is 7.05. The number of hydrogen-bond donors (Lipinski definition) is 2. The Bertz CT molecular complexity index is 1360. The second kappa shape index (κ2) is 12.6. The Hall–Kier alpha value is -3.50. The molecule has 0 fully saturated rings. The summed E-state index contributed by atoms with van der Waals surface area (Å²) in [5.74, 6) is 0.667. The van der Waals surface area contributed by atoms with Crippen LogP contribution in [0.5, 0.6) is 11.5 Å². The molecule has 0 saturated carbocycles. The first-order valence-corrected chi connectivity index (χ1v) is 13.3. The van der Waals surface area contributed by atoms with E-state index in [2.05, 4.69) is 33.2 Å². The molecule has 37 heavy (non-hydrogen) atoms. The van der Waals surface area contributed by atoms with E-state index in [1.165, 1.54) is 18.9 Å². The van der Waals surface area contributed by atoms with Crippen LogP contribution < -0.4 is 20.1 Å². The lowest BCUT2D eigenvalue weighted by molar-refractivity contribution is -0.115. The SMILES string of the molecule is COc1ccc(C(=O)Nc2ccc(SC(C(=O)Nc3ccc(I)cc3)c3ccccc3)cc2)cc1OC. The van der Waals surface area contributed by atoms with Gasteiger partial charge in [-0.25, -0.2) is 0 Å². The fourth-order valence-electron chi connectivity index (χ4n) is 3.58. The summed E-state index contributed by atoms with van der Waals surface area (Å²) in [6.45, 7) is 0. The van der Waals surface area contributed by atoms with Crippen molar-refractivity contribution < 1.29 is 19.1 Å². The number of methoxy groups -OCH3 is 2. The zero-order valence-corrected chi connectivity index (χ0v) is 23.2. The van der Waals surface area contributed by atoms with E-state index in [0.29, 0.717) is 22.7 Å². The van der Waals surface area contributed by atoms with E-state index >= 15 is 0 Å². The van der Waals surface area contributed by atoms with Gasteiger partial charge in [0.15, 0.2) is 11.5 Å².